The molecule has 0 amide bonds. The molecule has 2 heteroatoms. The molecular weight excluding hydrogens is 816 g/mol. The molecule has 0 unspecified atom stereocenters. The second-order valence-electron chi connectivity index (χ2n) is 18.6. The second kappa shape index (κ2) is 19.4. The topological polar surface area (TPSA) is 0 Å². The molecule has 0 aliphatic rings. The molecule has 0 radical (unpaired) electrons. The summed E-state index contributed by atoms with van der Waals surface area (Å²) in [6, 6.07) is 57.3. The standard InChI is InChI=1S/C44H50Si.2C7H7.Zr/c1-11-29-27-33-15-13-17-37(31-19-23-35(24-20-31)43(3,4)5)39(33)41(29)45(9,10)42-30(12-2)28-34-16-14-18-38(40(34)42)32-21-25-36(26-22-32)44(6,7)8;2*1-7-5-3-2-4-6-7;/h13-28H,11-12H2,1-10H3;2*2-6H,1H2;/q-2;2*-1;+4. The minimum absolute atomic E-state index is 0. The van der Waals surface area contributed by atoms with Gasteiger partial charge in [-0.1, -0.05) is 152 Å². The molecule has 0 atom stereocenters. The molecule has 0 saturated heterocycles. The van der Waals surface area contributed by atoms with E-state index in [1.807, 2.05) is 60.7 Å². The largest absolute Gasteiger partial charge is 4.00 e. The van der Waals surface area contributed by atoms with E-state index in [0.717, 1.165) is 24.0 Å². The molecule has 0 spiro atoms. The molecule has 8 aromatic carbocycles. The predicted octanol–water partition coefficient (Wildman–Crippen LogP) is 15.0. The predicted molar refractivity (Wildman–Crippen MR) is 265 cm³/mol. The number of rotatable bonds is 6. The van der Waals surface area contributed by atoms with Crippen molar-refractivity contribution in [1.82, 2.24) is 0 Å². The van der Waals surface area contributed by atoms with Gasteiger partial charge in [0, 0.05) is 8.07 Å². The summed E-state index contributed by atoms with van der Waals surface area (Å²) in [6.45, 7) is 31.1. The maximum Gasteiger partial charge on any atom is 4.00 e. The summed E-state index contributed by atoms with van der Waals surface area (Å²) in [5, 5.41) is 8.94. The SMILES string of the molecule is CCc1[cH-]c2cccc(-c3ccc(C(C)(C)C)cc3)c2c1[Si](C)(C)c1c(CC)[cH-]c2cccc(-c3ccc(C(C)(C)C)cc3)c12.[CH2-]c1ccccc1.[CH2-]c1ccccc1.[Zr+4]. The number of benzene rings is 6. The van der Waals surface area contributed by atoms with Crippen molar-refractivity contribution in [2.45, 2.75) is 92.2 Å². The first-order chi connectivity index (χ1) is 28.0. The smallest absolute Gasteiger partial charge is 0.199 e. The van der Waals surface area contributed by atoms with Crippen molar-refractivity contribution < 1.29 is 26.2 Å². The molecule has 0 saturated carbocycles. The minimum atomic E-state index is -2.22. The van der Waals surface area contributed by atoms with E-state index in [1.165, 1.54) is 66.1 Å². The summed E-state index contributed by atoms with van der Waals surface area (Å²) in [6.07, 6.45) is 2.09. The minimum Gasteiger partial charge on any atom is -0.199 e. The molecule has 304 valence electrons. The van der Waals surface area contributed by atoms with Crippen LogP contribution in [0.4, 0.5) is 0 Å². The third-order valence-corrected chi connectivity index (χ3v) is 15.5. The Bertz CT molecular complexity index is 2400. The average Bonchev–Trinajstić information content (AvgIpc) is 3.81. The van der Waals surface area contributed by atoms with Crippen LogP contribution in [0.25, 0.3) is 43.8 Å². The van der Waals surface area contributed by atoms with Gasteiger partial charge in [0.05, 0.1) is 0 Å². The first-order valence-electron chi connectivity index (χ1n) is 21.4. The maximum absolute atomic E-state index is 3.72. The van der Waals surface area contributed by atoms with Gasteiger partial charge >= 0.3 is 26.2 Å². The van der Waals surface area contributed by atoms with Gasteiger partial charge < -0.3 is 0 Å². The fourth-order valence-corrected chi connectivity index (χ4v) is 12.8. The Kier molecular flexibility index (Phi) is 15.0. The quantitative estimate of drug-likeness (QED) is 0.115. The van der Waals surface area contributed by atoms with Crippen LogP contribution in [0.2, 0.25) is 13.1 Å². The van der Waals surface area contributed by atoms with Crippen molar-refractivity contribution in [1.29, 1.82) is 0 Å². The molecule has 0 heterocycles. The number of aryl methyl sites for hydroxylation is 2. The van der Waals surface area contributed by atoms with Crippen LogP contribution in [0.1, 0.15) is 88.8 Å². The first kappa shape index (κ1) is 46.4. The third-order valence-electron chi connectivity index (χ3n) is 11.8. The van der Waals surface area contributed by atoms with Crippen molar-refractivity contribution in [2.24, 2.45) is 0 Å². The van der Waals surface area contributed by atoms with Crippen molar-refractivity contribution in [2.75, 3.05) is 0 Å². The molecule has 0 aliphatic heterocycles. The van der Waals surface area contributed by atoms with E-state index in [-0.39, 0.29) is 37.0 Å². The Balaban J connectivity index is 0.000000384. The van der Waals surface area contributed by atoms with E-state index >= 15 is 0 Å². The zero-order valence-electron chi connectivity index (χ0n) is 37.8. The summed E-state index contributed by atoms with van der Waals surface area (Å²) in [5.74, 6) is 0. The Morgan fingerprint density at radius 1 is 0.450 bits per heavy atom. The van der Waals surface area contributed by atoms with Crippen LogP contribution in [-0.2, 0) is 49.9 Å². The van der Waals surface area contributed by atoms with Crippen molar-refractivity contribution in [3.8, 4) is 22.3 Å². The molecule has 8 aromatic rings. The van der Waals surface area contributed by atoms with Gasteiger partial charge in [0.25, 0.3) is 0 Å². The molecule has 0 fully saturated rings. The summed E-state index contributed by atoms with van der Waals surface area (Å²) in [4.78, 5) is 0. The van der Waals surface area contributed by atoms with Gasteiger partial charge in [-0.3, -0.25) is 0 Å². The summed E-state index contributed by atoms with van der Waals surface area (Å²) < 4.78 is 0. The van der Waals surface area contributed by atoms with E-state index < -0.39 is 8.07 Å². The molecule has 0 nitrogen and oxygen atoms in total. The van der Waals surface area contributed by atoms with Gasteiger partial charge in [0.2, 0.25) is 0 Å². The van der Waals surface area contributed by atoms with Crippen molar-refractivity contribution >= 4 is 40.0 Å². The third kappa shape index (κ3) is 10.3. The molecule has 0 bridgehead atoms. The van der Waals surface area contributed by atoms with E-state index in [9.17, 15) is 0 Å². The van der Waals surface area contributed by atoms with E-state index in [0.29, 0.717) is 0 Å². The molecule has 0 aliphatic carbocycles. The molecular formula is C58H64SiZr. The monoisotopic (exact) mass is 878 g/mol. The van der Waals surface area contributed by atoms with Crippen LogP contribution >= 0.6 is 0 Å². The zero-order valence-corrected chi connectivity index (χ0v) is 41.3. The van der Waals surface area contributed by atoms with Crippen LogP contribution in [-0.4, -0.2) is 8.07 Å². The number of hydrogen-bond donors (Lipinski definition) is 0. The van der Waals surface area contributed by atoms with Gasteiger partial charge in [0.15, 0.2) is 0 Å². The van der Waals surface area contributed by atoms with E-state index in [1.54, 1.807) is 10.4 Å². The fourth-order valence-electron chi connectivity index (χ4n) is 8.63. The van der Waals surface area contributed by atoms with Crippen LogP contribution in [0.5, 0.6) is 0 Å². The maximum atomic E-state index is 3.72. The average molecular weight is 880 g/mol. The first-order valence-corrected chi connectivity index (χ1v) is 24.4. The Morgan fingerprint density at radius 2 is 0.783 bits per heavy atom. The van der Waals surface area contributed by atoms with Gasteiger partial charge in [-0.2, -0.15) is 59.6 Å². The Hall–Kier alpha value is -4.62. The number of fused-ring (bicyclic) bond motifs is 2. The normalized spacial score (nSPS) is 11.6. The molecule has 0 aromatic heterocycles. The molecule has 60 heavy (non-hydrogen) atoms. The van der Waals surface area contributed by atoms with Crippen LogP contribution in [0.15, 0.2) is 158 Å². The van der Waals surface area contributed by atoms with Gasteiger partial charge in [-0.25, -0.2) is 0 Å². The van der Waals surface area contributed by atoms with Crippen LogP contribution in [0, 0.1) is 13.8 Å². The number of hydrogen-bond acceptors (Lipinski definition) is 0. The summed E-state index contributed by atoms with van der Waals surface area (Å²) in [7, 11) is -2.22. The molecule has 0 N–H and O–H groups in total. The van der Waals surface area contributed by atoms with Crippen LogP contribution < -0.4 is 10.4 Å². The Labute approximate surface area is 383 Å². The summed E-state index contributed by atoms with van der Waals surface area (Å²) >= 11 is 0. The summed E-state index contributed by atoms with van der Waals surface area (Å²) in [5.41, 5.74) is 13.6. The zero-order chi connectivity index (χ0) is 42.5. The van der Waals surface area contributed by atoms with E-state index in [2.05, 4.69) is 179 Å². The van der Waals surface area contributed by atoms with Crippen LogP contribution in [0.3, 0.4) is 0 Å². The van der Waals surface area contributed by atoms with Gasteiger partial charge in [-0.05, 0) is 45.9 Å². The van der Waals surface area contributed by atoms with Gasteiger partial charge in [0.1, 0.15) is 0 Å². The second-order valence-corrected chi connectivity index (χ2v) is 22.8. The molecule has 8 rings (SSSR count). The fraction of sp³-hybridized carbons (Fsp3) is 0.241. The van der Waals surface area contributed by atoms with Gasteiger partial charge in [-0.15, -0.1) is 93.3 Å². The van der Waals surface area contributed by atoms with Crippen molar-refractivity contribution in [3.63, 3.8) is 0 Å². The van der Waals surface area contributed by atoms with E-state index in [4.69, 9.17) is 0 Å². The Morgan fingerprint density at radius 3 is 1.05 bits per heavy atom. The van der Waals surface area contributed by atoms with Crippen molar-refractivity contribution in [3.05, 3.63) is 205 Å².